The minimum Gasteiger partial charge on any atom is -0.497 e. The van der Waals surface area contributed by atoms with Gasteiger partial charge in [0.2, 0.25) is 5.91 Å². The van der Waals surface area contributed by atoms with Crippen LogP contribution in [0.5, 0.6) is 11.5 Å². The largest absolute Gasteiger partial charge is 0.497 e. The number of H-pyrrole nitrogens is 1. The predicted octanol–water partition coefficient (Wildman–Crippen LogP) is 4.53. The normalized spacial score (nSPS) is 11.6. The zero-order chi connectivity index (χ0) is 23.2. The molecular formula is C25H24N4O3S. The van der Waals surface area contributed by atoms with Crippen LogP contribution in [0.4, 0.5) is 0 Å². The van der Waals surface area contributed by atoms with Crippen molar-refractivity contribution in [2.24, 2.45) is 0 Å². The minimum atomic E-state index is -0.324. The van der Waals surface area contributed by atoms with E-state index in [0.29, 0.717) is 10.6 Å². The highest BCUT2D eigenvalue weighted by atomic mass is 32.1. The molecule has 4 aromatic rings. The van der Waals surface area contributed by atoms with Crippen LogP contribution in [0.1, 0.15) is 17.2 Å². The first kappa shape index (κ1) is 22.3. The molecule has 0 aliphatic rings. The number of nitrogens with one attached hydrogen (secondary N) is 2. The molecule has 1 heterocycles. The molecule has 8 heteroatoms. The third-order valence-corrected chi connectivity index (χ3v) is 5.61. The predicted molar refractivity (Wildman–Crippen MR) is 129 cm³/mol. The lowest BCUT2D eigenvalue weighted by Gasteiger charge is -2.20. The first-order valence-corrected chi connectivity index (χ1v) is 10.8. The Balaban J connectivity index is 1.59. The van der Waals surface area contributed by atoms with E-state index in [1.165, 1.54) is 0 Å². The third kappa shape index (κ3) is 5.12. The Labute approximate surface area is 197 Å². The van der Waals surface area contributed by atoms with Crippen molar-refractivity contribution in [1.29, 1.82) is 0 Å². The number of rotatable bonds is 8. The van der Waals surface area contributed by atoms with Crippen molar-refractivity contribution in [2.75, 3.05) is 14.2 Å². The standard InChI is InChI=1S/C25H24N4O3S/c1-31-20-12-8-18(9-13-20)23(17-6-4-3-5-7-17)26-22(30)16-29-24(27-28-25(29)33)19-10-14-21(32-2)15-11-19/h3-15,23H,16H2,1-2H3,(H,26,30)(H,28,33). The first-order valence-electron chi connectivity index (χ1n) is 10.4. The van der Waals surface area contributed by atoms with Gasteiger partial charge in [-0.15, -0.1) is 0 Å². The second-order valence-electron chi connectivity index (χ2n) is 7.35. The van der Waals surface area contributed by atoms with Gasteiger partial charge in [-0.1, -0.05) is 42.5 Å². The van der Waals surface area contributed by atoms with Crippen LogP contribution >= 0.6 is 12.2 Å². The fourth-order valence-corrected chi connectivity index (χ4v) is 3.77. The number of carbonyl (C=O) groups is 1. The molecule has 168 valence electrons. The molecule has 3 aromatic carbocycles. The van der Waals surface area contributed by atoms with Crippen LogP contribution in [0.15, 0.2) is 78.9 Å². The number of aromatic amines is 1. The molecule has 1 unspecified atom stereocenters. The van der Waals surface area contributed by atoms with E-state index in [2.05, 4.69) is 15.5 Å². The zero-order valence-electron chi connectivity index (χ0n) is 18.3. The van der Waals surface area contributed by atoms with Crippen LogP contribution in [0.2, 0.25) is 0 Å². The fraction of sp³-hybridized carbons (Fsp3) is 0.160. The molecule has 0 saturated carbocycles. The fourth-order valence-electron chi connectivity index (χ4n) is 3.58. The monoisotopic (exact) mass is 460 g/mol. The molecule has 1 atom stereocenters. The van der Waals surface area contributed by atoms with Gasteiger partial charge in [0.1, 0.15) is 18.0 Å². The molecule has 2 N–H and O–H groups in total. The van der Waals surface area contributed by atoms with E-state index in [0.717, 1.165) is 28.2 Å². The van der Waals surface area contributed by atoms with Gasteiger partial charge < -0.3 is 14.8 Å². The van der Waals surface area contributed by atoms with Crippen LogP contribution in [0.25, 0.3) is 11.4 Å². The second kappa shape index (κ2) is 10.1. The van der Waals surface area contributed by atoms with E-state index in [-0.39, 0.29) is 18.5 Å². The van der Waals surface area contributed by atoms with Gasteiger partial charge in [0, 0.05) is 5.56 Å². The SMILES string of the molecule is COc1ccc(-c2n[nH]c(=S)n2CC(=O)NC(c2ccccc2)c2ccc(OC)cc2)cc1. The maximum Gasteiger partial charge on any atom is 0.240 e. The van der Waals surface area contributed by atoms with E-state index in [9.17, 15) is 4.79 Å². The molecular weight excluding hydrogens is 436 g/mol. The molecule has 0 fully saturated rings. The molecule has 1 amide bonds. The van der Waals surface area contributed by atoms with E-state index < -0.39 is 0 Å². The summed E-state index contributed by atoms with van der Waals surface area (Å²) in [6, 6.07) is 24.6. The Morgan fingerprint density at radius 2 is 1.52 bits per heavy atom. The second-order valence-corrected chi connectivity index (χ2v) is 7.74. The molecule has 4 rings (SSSR count). The lowest BCUT2D eigenvalue weighted by molar-refractivity contribution is -0.122. The molecule has 0 aliphatic carbocycles. The lowest BCUT2D eigenvalue weighted by Crippen LogP contribution is -2.32. The zero-order valence-corrected chi connectivity index (χ0v) is 19.1. The number of nitrogens with zero attached hydrogens (tertiary/aromatic N) is 2. The molecule has 0 radical (unpaired) electrons. The average Bonchev–Trinajstić information content (AvgIpc) is 3.23. The van der Waals surface area contributed by atoms with Gasteiger partial charge in [-0.3, -0.25) is 14.5 Å². The summed E-state index contributed by atoms with van der Waals surface area (Å²) in [5.41, 5.74) is 2.74. The van der Waals surface area contributed by atoms with Crippen molar-refractivity contribution < 1.29 is 14.3 Å². The average molecular weight is 461 g/mol. The number of carbonyl (C=O) groups excluding carboxylic acids is 1. The van der Waals surface area contributed by atoms with Gasteiger partial charge >= 0.3 is 0 Å². The smallest absolute Gasteiger partial charge is 0.240 e. The number of benzene rings is 3. The Morgan fingerprint density at radius 3 is 2.12 bits per heavy atom. The summed E-state index contributed by atoms with van der Waals surface area (Å²) in [5, 5.41) is 10.3. The molecule has 1 aromatic heterocycles. The Bertz CT molecular complexity index is 1270. The summed E-state index contributed by atoms with van der Waals surface area (Å²) >= 11 is 5.39. The summed E-state index contributed by atoms with van der Waals surface area (Å²) < 4.78 is 12.5. The third-order valence-electron chi connectivity index (χ3n) is 5.30. The van der Waals surface area contributed by atoms with Crippen LogP contribution in [0, 0.1) is 4.77 Å². The quantitative estimate of drug-likeness (QED) is 0.378. The van der Waals surface area contributed by atoms with Crippen molar-refractivity contribution in [1.82, 2.24) is 20.1 Å². The summed E-state index contributed by atoms with van der Waals surface area (Å²) in [6.45, 7) is 0.0240. The minimum absolute atomic E-state index is 0.0240. The summed E-state index contributed by atoms with van der Waals surface area (Å²) in [6.07, 6.45) is 0. The number of amides is 1. The highest BCUT2D eigenvalue weighted by molar-refractivity contribution is 7.71. The van der Waals surface area contributed by atoms with Crippen LogP contribution in [-0.4, -0.2) is 34.9 Å². The molecule has 7 nitrogen and oxygen atoms in total. The number of hydrogen-bond acceptors (Lipinski definition) is 5. The Kier molecular flexibility index (Phi) is 6.85. The highest BCUT2D eigenvalue weighted by Gasteiger charge is 2.19. The van der Waals surface area contributed by atoms with Crippen molar-refractivity contribution in [3.8, 4) is 22.9 Å². The van der Waals surface area contributed by atoms with Gasteiger partial charge in [-0.05, 0) is 59.7 Å². The van der Waals surface area contributed by atoms with Crippen LogP contribution < -0.4 is 14.8 Å². The van der Waals surface area contributed by atoms with Gasteiger partial charge in [0.05, 0.1) is 20.3 Å². The van der Waals surface area contributed by atoms with Gasteiger partial charge in [-0.2, -0.15) is 5.10 Å². The van der Waals surface area contributed by atoms with Gasteiger partial charge in [0.15, 0.2) is 10.6 Å². The van der Waals surface area contributed by atoms with E-state index in [1.807, 2.05) is 78.9 Å². The maximum atomic E-state index is 13.2. The van der Waals surface area contributed by atoms with Crippen molar-refractivity contribution in [3.63, 3.8) is 0 Å². The number of aromatic nitrogens is 3. The number of ether oxygens (including phenoxy) is 2. The lowest BCUT2D eigenvalue weighted by atomic mass is 9.98. The van der Waals surface area contributed by atoms with E-state index in [4.69, 9.17) is 21.7 Å². The van der Waals surface area contributed by atoms with E-state index in [1.54, 1.807) is 18.8 Å². The maximum absolute atomic E-state index is 13.2. The summed E-state index contributed by atoms with van der Waals surface area (Å²) in [5.74, 6) is 1.89. The molecule has 0 aliphatic heterocycles. The van der Waals surface area contributed by atoms with Gasteiger partial charge in [-0.25, -0.2) is 0 Å². The Morgan fingerprint density at radius 1 is 0.939 bits per heavy atom. The van der Waals surface area contributed by atoms with Crippen LogP contribution in [-0.2, 0) is 11.3 Å². The van der Waals surface area contributed by atoms with Crippen molar-refractivity contribution >= 4 is 18.1 Å². The van der Waals surface area contributed by atoms with E-state index >= 15 is 0 Å². The van der Waals surface area contributed by atoms with Gasteiger partial charge in [0.25, 0.3) is 0 Å². The van der Waals surface area contributed by atoms with Crippen molar-refractivity contribution in [2.45, 2.75) is 12.6 Å². The molecule has 0 spiro atoms. The molecule has 0 saturated heterocycles. The van der Waals surface area contributed by atoms with Crippen molar-refractivity contribution in [3.05, 3.63) is 94.8 Å². The summed E-state index contributed by atoms with van der Waals surface area (Å²) in [4.78, 5) is 13.2. The molecule has 33 heavy (non-hydrogen) atoms. The highest BCUT2D eigenvalue weighted by Crippen LogP contribution is 2.25. The summed E-state index contributed by atoms with van der Waals surface area (Å²) in [7, 11) is 3.24. The number of methoxy groups -OCH3 is 2. The Hall–Kier alpha value is -3.91. The topological polar surface area (TPSA) is 81.2 Å². The number of hydrogen-bond donors (Lipinski definition) is 2. The molecule has 0 bridgehead atoms. The first-order chi connectivity index (χ1) is 16.1. The van der Waals surface area contributed by atoms with Crippen LogP contribution in [0.3, 0.4) is 0 Å².